The van der Waals surface area contributed by atoms with Crippen molar-refractivity contribution in [1.82, 2.24) is 10.6 Å². The Hall–Kier alpha value is -2.04. The molecule has 0 aliphatic carbocycles. The number of hydrogen-bond acceptors (Lipinski definition) is 4. The monoisotopic (exact) mass is 296 g/mol. The standard InChI is InChI=1S/C18H20N2O2/c1-3-8-16-14(6-1)18(19-10-5-11-20-18)15-7-2-4-9-17(15)22-13-12-21-16/h1-4,6-9,19-20H,5,10-13H2. The SMILES string of the molecule is c1ccc2c(c1)OCCOc1ccccc1C21NCCCN1. The number of ether oxygens (including phenoxy) is 2. The molecular weight excluding hydrogens is 276 g/mol. The highest BCUT2D eigenvalue weighted by molar-refractivity contribution is 5.51. The highest BCUT2D eigenvalue weighted by atomic mass is 16.5. The molecule has 0 radical (unpaired) electrons. The van der Waals surface area contributed by atoms with Crippen LogP contribution in [0.2, 0.25) is 0 Å². The minimum atomic E-state index is -0.463. The van der Waals surface area contributed by atoms with Gasteiger partial charge in [0.25, 0.3) is 0 Å². The number of para-hydroxylation sites is 2. The van der Waals surface area contributed by atoms with E-state index >= 15 is 0 Å². The molecule has 22 heavy (non-hydrogen) atoms. The fraction of sp³-hybridized carbons (Fsp3) is 0.333. The van der Waals surface area contributed by atoms with Crippen LogP contribution < -0.4 is 20.1 Å². The van der Waals surface area contributed by atoms with Crippen LogP contribution in [-0.2, 0) is 5.66 Å². The summed E-state index contributed by atoms with van der Waals surface area (Å²) in [7, 11) is 0. The van der Waals surface area contributed by atoms with Crippen molar-refractivity contribution in [3.05, 3.63) is 59.7 Å². The normalized spacial score (nSPS) is 19.6. The molecule has 0 amide bonds. The van der Waals surface area contributed by atoms with Crippen LogP contribution >= 0.6 is 0 Å². The molecule has 1 spiro atoms. The van der Waals surface area contributed by atoms with Gasteiger partial charge in [-0.2, -0.15) is 0 Å². The minimum Gasteiger partial charge on any atom is -0.490 e. The van der Waals surface area contributed by atoms with Crippen molar-refractivity contribution in [1.29, 1.82) is 0 Å². The van der Waals surface area contributed by atoms with E-state index < -0.39 is 5.66 Å². The first kappa shape index (κ1) is 13.6. The van der Waals surface area contributed by atoms with Crippen LogP contribution in [0.3, 0.4) is 0 Å². The molecule has 0 aromatic heterocycles. The van der Waals surface area contributed by atoms with E-state index in [0.29, 0.717) is 13.2 Å². The molecule has 114 valence electrons. The third kappa shape index (κ3) is 2.16. The molecule has 0 saturated carbocycles. The zero-order valence-electron chi connectivity index (χ0n) is 12.5. The molecule has 0 atom stereocenters. The fourth-order valence-electron chi connectivity index (χ4n) is 3.34. The van der Waals surface area contributed by atoms with Crippen LogP contribution in [-0.4, -0.2) is 26.3 Å². The summed E-state index contributed by atoms with van der Waals surface area (Å²) in [6.45, 7) is 2.99. The Labute approximate surface area is 130 Å². The Morgan fingerprint density at radius 3 is 1.77 bits per heavy atom. The average molecular weight is 296 g/mol. The van der Waals surface area contributed by atoms with E-state index in [1.165, 1.54) is 0 Å². The minimum absolute atomic E-state index is 0.463. The second-order valence-corrected chi connectivity index (χ2v) is 5.65. The van der Waals surface area contributed by atoms with Crippen LogP contribution in [0.15, 0.2) is 48.5 Å². The molecule has 4 rings (SSSR count). The van der Waals surface area contributed by atoms with Gasteiger partial charge in [0, 0.05) is 11.1 Å². The third-order valence-electron chi connectivity index (χ3n) is 4.31. The third-order valence-corrected chi connectivity index (χ3v) is 4.31. The zero-order chi connectivity index (χ0) is 14.8. The second-order valence-electron chi connectivity index (χ2n) is 5.65. The molecule has 2 aromatic rings. The van der Waals surface area contributed by atoms with Crippen molar-refractivity contribution in [3.63, 3.8) is 0 Å². The summed E-state index contributed by atoms with van der Waals surface area (Å²) in [5.74, 6) is 1.81. The summed E-state index contributed by atoms with van der Waals surface area (Å²) in [4.78, 5) is 0. The number of rotatable bonds is 0. The average Bonchev–Trinajstić information content (AvgIpc) is 2.65. The molecule has 2 aromatic carbocycles. The van der Waals surface area contributed by atoms with E-state index in [2.05, 4.69) is 34.9 Å². The van der Waals surface area contributed by atoms with Gasteiger partial charge in [0.15, 0.2) is 0 Å². The molecule has 4 nitrogen and oxygen atoms in total. The number of nitrogens with one attached hydrogen (secondary N) is 2. The Morgan fingerprint density at radius 1 is 0.727 bits per heavy atom. The van der Waals surface area contributed by atoms with Crippen LogP contribution in [0, 0.1) is 0 Å². The predicted octanol–water partition coefficient (Wildman–Crippen LogP) is 2.24. The molecule has 0 bridgehead atoms. The quantitative estimate of drug-likeness (QED) is 0.782. The van der Waals surface area contributed by atoms with E-state index in [9.17, 15) is 0 Å². The molecule has 1 fully saturated rings. The fourth-order valence-corrected chi connectivity index (χ4v) is 3.34. The first-order chi connectivity index (χ1) is 10.9. The number of hydrogen-bond donors (Lipinski definition) is 2. The largest absolute Gasteiger partial charge is 0.490 e. The molecule has 2 aliphatic rings. The molecule has 1 saturated heterocycles. The molecule has 2 heterocycles. The van der Waals surface area contributed by atoms with Crippen LogP contribution in [0.1, 0.15) is 17.5 Å². The molecule has 4 heteroatoms. The Balaban J connectivity index is 1.97. The molecule has 2 aliphatic heterocycles. The number of fused-ring (bicyclic) bond motifs is 4. The number of benzene rings is 2. The summed E-state index contributed by atoms with van der Waals surface area (Å²) >= 11 is 0. The smallest absolute Gasteiger partial charge is 0.129 e. The molecule has 2 N–H and O–H groups in total. The van der Waals surface area contributed by atoms with Crippen LogP contribution in [0.5, 0.6) is 11.5 Å². The van der Waals surface area contributed by atoms with Crippen molar-refractivity contribution in [2.45, 2.75) is 12.1 Å². The first-order valence-electron chi connectivity index (χ1n) is 7.85. The van der Waals surface area contributed by atoms with Crippen LogP contribution in [0.4, 0.5) is 0 Å². The maximum absolute atomic E-state index is 5.96. The Bertz CT molecular complexity index is 614. The Morgan fingerprint density at radius 2 is 1.23 bits per heavy atom. The Kier molecular flexibility index (Phi) is 3.48. The summed E-state index contributed by atoms with van der Waals surface area (Å²) in [5, 5.41) is 7.34. The zero-order valence-corrected chi connectivity index (χ0v) is 12.5. The van der Waals surface area contributed by atoms with Gasteiger partial charge >= 0.3 is 0 Å². The van der Waals surface area contributed by atoms with Gasteiger partial charge in [-0.05, 0) is 31.6 Å². The summed E-state index contributed by atoms with van der Waals surface area (Å²) in [5.41, 5.74) is 1.77. The lowest BCUT2D eigenvalue weighted by Gasteiger charge is -2.41. The first-order valence-corrected chi connectivity index (χ1v) is 7.85. The van der Waals surface area contributed by atoms with Gasteiger partial charge in [-0.25, -0.2) is 0 Å². The molecular formula is C18H20N2O2. The van der Waals surface area contributed by atoms with Crippen molar-refractivity contribution in [2.75, 3.05) is 26.3 Å². The van der Waals surface area contributed by atoms with Gasteiger partial charge in [0.05, 0.1) is 0 Å². The van der Waals surface area contributed by atoms with E-state index in [1.54, 1.807) is 0 Å². The highest BCUT2D eigenvalue weighted by Crippen LogP contribution is 2.39. The lowest BCUT2D eigenvalue weighted by atomic mass is 9.88. The maximum atomic E-state index is 5.96. The van der Waals surface area contributed by atoms with Gasteiger partial charge in [-0.1, -0.05) is 36.4 Å². The lowest BCUT2D eigenvalue weighted by molar-refractivity contribution is 0.218. The second kappa shape index (κ2) is 5.63. The van der Waals surface area contributed by atoms with Crippen LogP contribution in [0.25, 0.3) is 0 Å². The van der Waals surface area contributed by atoms with Gasteiger partial charge in [-0.15, -0.1) is 0 Å². The van der Waals surface area contributed by atoms with Crippen molar-refractivity contribution in [3.8, 4) is 11.5 Å². The lowest BCUT2D eigenvalue weighted by Crippen LogP contribution is -2.59. The van der Waals surface area contributed by atoms with Gasteiger partial charge in [-0.3, -0.25) is 10.6 Å². The predicted molar refractivity (Wildman–Crippen MR) is 85.3 cm³/mol. The van der Waals surface area contributed by atoms with Crippen molar-refractivity contribution < 1.29 is 9.47 Å². The van der Waals surface area contributed by atoms with E-state index in [4.69, 9.17) is 9.47 Å². The van der Waals surface area contributed by atoms with Gasteiger partial charge in [0.1, 0.15) is 30.4 Å². The summed E-state index contributed by atoms with van der Waals surface area (Å²) in [6.07, 6.45) is 1.10. The highest BCUT2D eigenvalue weighted by Gasteiger charge is 2.40. The van der Waals surface area contributed by atoms with E-state index in [-0.39, 0.29) is 0 Å². The van der Waals surface area contributed by atoms with E-state index in [1.807, 2.05) is 24.3 Å². The van der Waals surface area contributed by atoms with Gasteiger partial charge < -0.3 is 9.47 Å². The summed E-state index contributed by atoms with van der Waals surface area (Å²) < 4.78 is 11.9. The molecule has 0 unspecified atom stereocenters. The van der Waals surface area contributed by atoms with Crippen molar-refractivity contribution in [2.24, 2.45) is 0 Å². The topological polar surface area (TPSA) is 42.5 Å². The maximum Gasteiger partial charge on any atom is 0.129 e. The van der Waals surface area contributed by atoms with Crippen molar-refractivity contribution >= 4 is 0 Å². The summed E-state index contributed by atoms with van der Waals surface area (Å²) in [6, 6.07) is 16.5. The van der Waals surface area contributed by atoms with E-state index in [0.717, 1.165) is 42.1 Å². The van der Waals surface area contributed by atoms with Gasteiger partial charge in [0.2, 0.25) is 0 Å².